The van der Waals surface area contributed by atoms with Crippen molar-refractivity contribution in [2.24, 2.45) is 0 Å². The highest BCUT2D eigenvalue weighted by Crippen LogP contribution is 2.51. The van der Waals surface area contributed by atoms with Crippen LogP contribution < -0.4 is 0 Å². The van der Waals surface area contributed by atoms with E-state index in [0.29, 0.717) is 0 Å². The molecule has 13 rings (SSSR count). The molecule has 12 aromatic rings. The van der Waals surface area contributed by atoms with Gasteiger partial charge in [-0.15, -0.1) is 0 Å². The maximum Gasteiger partial charge on any atom is 0.135 e. The topological polar surface area (TPSA) is 13.1 Å². The lowest BCUT2D eigenvalue weighted by Crippen LogP contribution is -2.14. The fourth-order valence-corrected chi connectivity index (χ4v) is 10.6. The Bertz CT molecular complexity index is 3750. The Kier molecular flexibility index (Phi) is 6.85. The van der Waals surface area contributed by atoms with Crippen LogP contribution in [-0.2, 0) is 5.41 Å². The molecule has 1 nitrogen and oxygen atoms in total. The van der Waals surface area contributed by atoms with E-state index in [9.17, 15) is 0 Å². The third kappa shape index (κ3) is 4.75. The fourth-order valence-electron chi connectivity index (χ4n) is 10.6. The van der Waals surface area contributed by atoms with Crippen LogP contribution in [0.15, 0.2) is 199 Å². The second-order valence-electron chi connectivity index (χ2n) is 17.2. The maximum absolute atomic E-state index is 6.54. The highest BCUT2D eigenvalue weighted by molar-refractivity contribution is 6.23. The van der Waals surface area contributed by atoms with Crippen LogP contribution in [0.5, 0.6) is 0 Å². The molecule has 0 saturated heterocycles. The van der Waals surface area contributed by atoms with Gasteiger partial charge in [0, 0.05) is 16.2 Å². The van der Waals surface area contributed by atoms with Gasteiger partial charge in [0.25, 0.3) is 0 Å². The summed E-state index contributed by atoms with van der Waals surface area (Å²) in [6, 6.07) is 72.1. The largest absolute Gasteiger partial charge is 0.456 e. The number of rotatable bonds is 3. The highest BCUT2D eigenvalue weighted by atomic mass is 16.3. The number of hydrogen-bond acceptors (Lipinski definition) is 1. The first-order chi connectivity index (χ1) is 29.5. The summed E-state index contributed by atoms with van der Waals surface area (Å²) in [4.78, 5) is 0. The Balaban J connectivity index is 0.971. The predicted octanol–water partition coefficient (Wildman–Crippen LogP) is 16.7. The average molecular weight is 763 g/mol. The lowest BCUT2D eigenvalue weighted by Gasteiger charge is -2.22. The summed E-state index contributed by atoms with van der Waals surface area (Å²) >= 11 is 0. The van der Waals surface area contributed by atoms with E-state index in [0.717, 1.165) is 21.9 Å². The van der Waals surface area contributed by atoms with Crippen LogP contribution >= 0.6 is 0 Å². The van der Waals surface area contributed by atoms with Crippen LogP contribution in [0, 0.1) is 0 Å². The van der Waals surface area contributed by atoms with E-state index in [1.165, 1.54) is 109 Å². The monoisotopic (exact) mass is 762 g/mol. The molecule has 0 N–H and O–H groups in total. The first kappa shape index (κ1) is 33.5. The van der Waals surface area contributed by atoms with Crippen LogP contribution in [0.4, 0.5) is 0 Å². The molecule has 0 unspecified atom stereocenters. The van der Waals surface area contributed by atoms with E-state index in [1.54, 1.807) is 0 Å². The van der Waals surface area contributed by atoms with Gasteiger partial charge in [0.1, 0.15) is 11.2 Å². The van der Waals surface area contributed by atoms with Gasteiger partial charge >= 0.3 is 0 Å². The van der Waals surface area contributed by atoms with E-state index in [1.807, 2.05) is 0 Å². The molecule has 60 heavy (non-hydrogen) atoms. The second-order valence-corrected chi connectivity index (χ2v) is 17.2. The Labute approximate surface area is 347 Å². The lowest BCUT2D eigenvalue weighted by atomic mass is 9.81. The number of furan rings is 1. The second kappa shape index (κ2) is 12.3. The van der Waals surface area contributed by atoms with Gasteiger partial charge < -0.3 is 4.42 Å². The van der Waals surface area contributed by atoms with Gasteiger partial charge in [-0.05, 0) is 158 Å². The van der Waals surface area contributed by atoms with Crippen LogP contribution in [0.25, 0.3) is 120 Å². The zero-order valence-corrected chi connectivity index (χ0v) is 33.4. The molecule has 11 aromatic carbocycles. The molecule has 0 radical (unpaired) electrons. The van der Waals surface area contributed by atoms with E-state index >= 15 is 0 Å². The molecule has 1 aromatic heterocycles. The van der Waals surface area contributed by atoms with Crippen molar-refractivity contribution in [3.63, 3.8) is 0 Å². The van der Waals surface area contributed by atoms with E-state index < -0.39 is 0 Å². The van der Waals surface area contributed by atoms with E-state index in [4.69, 9.17) is 4.42 Å². The molecule has 1 aliphatic carbocycles. The Morgan fingerprint density at radius 3 is 1.45 bits per heavy atom. The fraction of sp³-hybridized carbons (Fsp3) is 0.0508. The smallest absolute Gasteiger partial charge is 0.135 e. The third-order valence-electron chi connectivity index (χ3n) is 13.6. The standard InChI is InChI=1S/C59H38O/c1-59(2)53-26-22-38(31-49(53)50-30-36-12-3-4-13-37(36)34-54(50)59)39-23-27-55-51(32-39)52-33-42(24-28-56(52)60-55)58-47-17-9-7-15-45(47)57(46-16-8-10-18-48(46)58)41-21-25-44-40(29-41)20-19-35-11-5-6-14-43(35)44/h3-34H,1-2H3. The molecule has 0 bridgehead atoms. The summed E-state index contributed by atoms with van der Waals surface area (Å²) in [6.07, 6.45) is 0. The van der Waals surface area contributed by atoms with Gasteiger partial charge in [-0.3, -0.25) is 0 Å². The molecule has 0 saturated carbocycles. The number of hydrogen-bond donors (Lipinski definition) is 0. The summed E-state index contributed by atoms with van der Waals surface area (Å²) < 4.78 is 6.54. The van der Waals surface area contributed by atoms with Crippen molar-refractivity contribution in [3.8, 4) is 44.5 Å². The van der Waals surface area contributed by atoms with Crippen molar-refractivity contribution in [2.75, 3.05) is 0 Å². The van der Waals surface area contributed by atoms with E-state index in [-0.39, 0.29) is 5.41 Å². The van der Waals surface area contributed by atoms with Gasteiger partial charge in [-0.1, -0.05) is 159 Å². The molecule has 280 valence electrons. The van der Waals surface area contributed by atoms with Crippen LogP contribution in [0.2, 0.25) is 0 Å². The maximum atomic E-state index is 6.54. The summed E-state index contributed by atoms with van der Waals surface area (Å²) in [6.45, 7) is 4.72. The minimum atomic E-state index is -0.0638. The summed E-state index contributed by atoms with van der Waals surface area (Å²) in [5, 5.41) is 14.9. The predicted molar refractivity (Wildman–Crippen MR) is 255 cm³/mol. The Morgan fingerprint density at radius 1 is 0.300 bits per heavy atom. The van der Waals surface area contributed by atoms with E-state index in [2.05, 4.69) is 208 Å². The average Bonchev–Trinajstić information content (AvgIpc) is 3.77. The first-order valence-electron chi connectivity index (χ1n) is 21.0. The van der Waals surface area contributed by atoms with Gasteiger partial charge in [0.2, 0.25) is 0 Å². The molecular weight excluding hydrogens is 725 g/mol. The molecule has 0 amide bonds. The molecule has 1 heterocycles. The minimum Gasteiger partial charge on any atom is -0.456 e. The van der Waals surface area contributed by atoms with Gasteiger partial charge in [0.05, 0.1) is 0 Å². The summed E-state index contributed by atoms with van der Waals surface area (Å²) in [5.74, 6) is 0. The normalized spacial score (nSPS) is 13.3. The Hall–Kier alpha value is -7.48. The Morgan fingerprint density at radius 2 is 0.767 bits per heavy atom. The summed E-state index contributed by atoms with van der Waals surface area (Å²) in [5.41, 5.74) is 14.5. The molecule has 1 aliphatic rings. The molecule has 1 heteroatoms. The molecule has 0 spiro atoms. The number of fused-ring (bicyclic) bond motifs is 12. The molecule has 0 aliphatic heterocycles. The van der Waals surface area contributed by atoms with Crippen molar-refractivity contribution in [3.05, 3.63) is 205 Å². The van der Waals surface area contributed by atoms with Crippen molar-refractivity contribution >= 4 is 75.8 Å². The first-order valence-corrected chi connectivity index (χ1v) is 21.0. The lowest BCUT2D eigenvalue weighted by molar-refractivity contribution is 0.661. The van der Waals surface area contributed by atoms with Crippen molar-refractivity contribution in [2.45, 2.75) is 19.3 Å². The molecule has 0 atom stereocenters. The molecular formula is C59H38O. The zero-order chi connectivity index (χ0) is 39.7. The quantitative estimate of drug-likeness (QED) is 0.129. The SMILES string of the molecule is CC1(C)c2ccc(-c3ccc4oc5ccc(-c6c7ccccc7c(-c7ccc8c(ccc9ccccc98)c7)c7ccccc67)cc5c4c3)cc2-c2cc3ccccc3cc21. The van der Waals surface area contributed by atoms with Gasteiger partial charge in [-0.25, -0.2) is 0 Å². The van der Waals surface area contributed by atoms with Gasteiger partial charge in [0.15, 0.2) is 0 Å². The minimum absolute atomic E-state index is 0.0638. The third-order valence-corrected chi connectivity index (χ3v) is 13.6. The zero-order valence-electron chi connectivity index (χ0n) is 33.4. The van der Waals surface area contributed by atoms with Gasteiger partial charge in [-0.2, -0.15) is 0 Å². The van der Waals surface area contributed by atoms with Crippen molar-refractivity contribution < 1.29 is 4.42 Å². The van der Waals surface area contributed by atoms with Crippen LogP contribution in [-0.4, -0.2) is 0 Å². The van der Waals surface area contributed by atoms with Crippen LogP contribution in [0.1, 0.15) is 25.0 Å². The number of benzene rings is 11. The van der Waals surface area contributed by atoms with Crippen LogP contribution in [0.3, 0.4) is 0 Å². The summed E-state index contributed by atoms with van der Waals surface area (Å²) in [7, 11) is 0. The highest BCUT2D eigenvalue weighted by Gasteiger charge is 2.36. The molecule has 0 fully saturated rings. The van der Waals surface area contributed by atoms with Crippen molar-refractivity contribution in [1.29, 1.82) is 0 Å². The van der Waals surface area contributed by atoms with Crippen molar-refractivity contribution in [1.82, 2.24) is 0 Å².